The third-order valence-corrected chi connectivity index (χ3v) is 5.99. The quantitative estimate of drug-likeness (QED) is 0.508. The van der Waals surface area contributed by atoms with Crippen LogP contribution in [0.15, 0.2) is 53.1 Å². The lowest BCUT2D eigenvalue weighted by Crippen LogP contribution is -2.35. The molecule has 0 atom stereocenters. The molecule has 0 radical (unpaired) electrons. The van der Waals surface area contributed by atoms with Crippen LogP contribution in [-0.2, 0) is 19.6 Å². The molecule has 0 bridgehead atoms. The first-order valence-corrected chi connectivity index (χ1v) is 11.2. The number of nitrogens with zero attached hydrogens (tertiary/aromatic N) is 3. The second-order valence-corrected chi connectivity index (χ2v) is 8.68. The number of halogens is 1. The van der Waals surface area contributed by atoms with Crippen molar-refractivity contribution in [3.8, 4) is 0 Å². The van der Waals surface area contributed by atoms with E-state index >= 15 is 0 Å². The molecule has 5 nitrogen and oxygen atoms in total. The topological polar surface area (TPSA) is 49.6 Å². The van der Waals surface area contributed by atoms with E-state index in [1.165, 1.54) is 41.5 Å². The van der Waals surface area contributed by atoms with Crippen molar-refractivity contribution >= 4 is 5.91 Å². The highest BCUT2D eigenvalue weighted by Gasteiger charge is 2.22. The summed E-state index contributed by atoms with van der Waals surface area (Å²) in [4.78, 5) is 21.3. The van der Waals surface area contributed by atoms with Crippen LogP contribution in [0.3, 0.4) is 0 Å². The zero-order chi connectivity index (χ0) is 22.5. The number of carbonyl (C=O) groups is 1. The molecule has 2 heterocycles. The van der Waals surface area contributed by atoms with Crippen LogP contribution in [0.25, 0.3) is 0 Å². The Balaban J connectivity index is 1.51. The highest BCUT2D eigenvalue weighted by atomic mass is 19.1. The molecular formula is C26H30FN3O2. The number of aromatic nitrogens is 1. The lowest BCUT2D eigenvalue weighted by atomic mass is 10.0. The van der Waals surface area contributed by atoms with Crippen molar-refractivity contribution in [1.82, 2.24) is 14.8 Å². The largest absolute Gasteiger partial charge is 0.447 e. The van der Waals surface area contributed by atoms with Crippen LogP contribution in [0.4, 0.5) is 4.39 Å². The zero-order valence-corrected chi connectivity index (χ0v) is 18.8. The van der Waals surface area contributed by atoms with Crippen molar-refractivity contribution in [2.45, 2.75) is 52.7 Å². The summed E-state index contributed by atoms with van der Waals surface area (Å²) >= 11 is 0. The van der Waals surface area contributed by atoms with Gasteiger partial charge >= 0.3 is 0 Å². The molecule has 168 valence electrons. The Labute approximate surface area is 188 Å². The van der Waals surface area contributed by atoms with Gasteiger partial charge in [0.25, 0.3) is 5.91 Å². The molecule has 6 heteroatoms. The molecule has 0 saturated carbocycles. The molecule has 1 amide bonds. The number of oxazole rings is 1. The Hall–Kier alpha value is -2.99. The normalized spacial score (nSPS) is 14.2. The number of hydrogen-bond acceptors (Lipinski definition) is 4. The van der Waals surface area contributed by atoms with E-state index in [1.54, 1.807) is 12.1 Å². The van der Waals surface area contributed by atoms with E-state index in [0.29, 0.717) is 31.2 Å². The third kappa shape index (κ3) is 5.62. The number of amides is 1. The fourth-order valence-corrected chi connectivity index (χ4v) is 4.16. The van der Waals surface area contributed by atoms with E-state index in [1.807, 2.05) is 4.90 Å². The predicted molar refractivity (Wildman–Crippen MR) is 122 cm³/mol. The molecule has 1 aliphatic heterocycles. The van der Waals surface area contributed by atoms with Crippen molar-refractivity contribution in [2.24, 2.45) is 0 Å². The SMILES string of the molecule is Cc1ccc(C)c(CN(Cc2ccc(F)cc2)Cc2nc(C(=O)N3CCCCC3)co2)c1. The second kappa shape index (κ2) is 10.1. The maximum atomic E-state index is 13.4. The minimum absolute atomic E-state index is 0.0562. The summed E-state index contributed by atoms with van der Waals surface area (Å²) in [6, 6.07) is 13.0. The lowest BCUT2D eigenvalue weighted by Gasteiger charge is -2.25. The average Bonchev–Trinajstić information content (AvgIpc) is 3.26. The summed E-state index contributed by atoms with van der Waals surface area (Å²) in [6.07, 6.45) is 4.72. The van der Waals surface area contributed by atoms with Crippen molar-refractivity contribution in [2.75, 3.05) is 13.1 Å². The Morgan fingerprint density at radius 1 is 1.03 bits per heavy atom. The van der Waals surface area contributed by atoms with Crippen molar-refractivity contribution in [3.63, 3.8) is 0 Å². The van der Waals surface area contributed by atoms with Gasteiger partial charge in [-0.1, -0.05) is 35.9 Å². The van der Waals surface area contributed by atoms with Crippen LogP contribution in [0, 0.1) is 19.7 Å². The highest BCUT2D eigenvalue weighted by Crippen LogP contribution is 2.19. The third-order valence-electron chi connectivity index (χ3n) is 5.99. The van der Waals surface area contributed by atoms with E-state index in [9.17, 15) is 9.18 Å². The number of aryl methyl sites for hydroxylation is 2. The minimum Gasteiger partial charge on any atom is -0.447 e. The van der Waals surface area contributed by atoms with Gasteiger partial charge in [0.2, 0.25) is 5.89 Å². The standard InChI is InChI=1S/C26H30FN3O2/c1-19-6-7-20(2)22(14-19)16-29(15-21-8-10-23(27)11-9-21)17-25-28-24(18-32-25)26(31)30-12-4-3-5-13-30/h6-11,14,18H,3-5,12-13,15-17H2,1-2H3. The molecule has 1 aromatic heterocycles. The Kier molecular flexibility index (Phi) is 7.00. The smallest absolute Gasteiger partial charge is 0.275 e. The highest BCUT2D eigenvalue weighted by molar-refractivity contribution is 5.92. The van der Waals surface area contributed by atoms with Gasteiger partial charge in [0, 0.05) is 26.2 Å². The predicted octanol–water partition coefficient (Wildman–Crippen LogP) is 5.26. The van der Waals surface area contributed by atoms with E-state index in [2.05, 4.69) is 41.9 Å². The van der Waals surface area contributed by atoms with Gasteiger partial charge in [0.1, 0.15) is 12.1 Å². The average molecular weight is 436 g/mol. The van der Waals surface area contributed by atoms with E-state index in [0.717, 1.165) is 31.5 Å². The molecule has 1 saturated heterocycles. The molecule has 1 aliphatic rings. The van der Waals surface area contributed by atoms with Gasteiger partial charge < -0.3 is 9.32 Å². The van der Waals surface area contributed by atoms with Crippen LogP contribution in [0.1, 0.15) is 57.9 Å². The molecule has 1 fully saturated rings. The Bertz CT molecular complexity index is 1060. The fraction of sp³-hybridized carbons (Fsp3) is 0.385. The first-order valence-electron chi connectivity index (χ1n) is 11.2. The number of piperidine rings is 1. The van der Waals surface area contributed by atoms with Gasteiger partial charge in [-0.2, -0.15) is 0 Å². The van der Waals surface area contributed by atoms with Crippen LogP contribution in [0.5, 0.6) is 0 Å². The van der Waals surface area contributed by atoms with Crippen molar-refractivity contribution in [3.05, 3.63) is 88.4 Å². The molecule has 0 unspecified atom stereocenters. The number of hydrogen-bond donors (Lipinski definition) is 0. The second-order valence-electron chi connectivity index (χ2n) is 8.68. The van der Waals surface area contributed by atoms with Gasteiger partial charge in [0.05, 0.1) is 6.54 Å². The summed E-state index contributed by atoms with van der Waals surface area (Å²) in [5.74, 6) is 0.209. The fourth-order valence-electron chi connectivity index (χ4n) is 4.16. The van der Waals surface area contributed by atoms with E-state index < -0.39 is 0 Å². The maximum absolute atomic E-state index is 13.4. The molecule has 3 aromatic rings. The lowest BCUT2D eigenvalue weighted by molar-refractivity contribution is 0.0718. The van der Waals surface area contributed by atoms with Crippen LogP contribution in [-0.4, -0.2) is 33.8 Å². The summed E-state index contributed by atoms with van der Waals surface area (Å²) in [6.45, 7) is 7.52. The van der Waals surface area contributed by atoms with Gasteiger partial charge in [-0.3, -0.25) is 9.69 Å². The summed E-state index contributed by atoms with van der Waals surface area (Å²) in [7, 11) is 0. The van der Waals surface area contributed by atoms with Crippen molar-refractivity contribution in [1.29, 1.82) is 0 Å². The molecule has 4 rings (SSSR count). The van der Waals surface area contributed by atoms with Crippen LogP contribution >= 0.6 is 0 Å². The number of benzene rings is 2. The monoisotopic (exact) mass is 435 g/mol. The van der Waals surface area contributed by atoms with Crippen molar-refractivity contribution < 1.29 is 13.6 Å². The van der Waals surface area contributed by atoms with Gasteiger partial charge in [-0.15, -0.1) is 0 Å². The number of likely N-dealkylation sites (tertiary alicyclic amines) is 1. The molecule has 32 heavy (non-hydrogen) atoms. The van der Waals surface area contributed by atoms with Gasteiger partial charge in [0.15, 0.2) is 5.69 Å². The Morgan fingerprint density at radius 2 is 1.78 bits per heavy atom. The van der Waals surface area contributed by atoms with E-state index in [-0.39, 0.29) is 11.7 Å². The summed E-state index contributed by atoms with van der Waals surface area (Å²) in [5, 5.41) is 0. The van der Waals surface area contributed by atoms with Gasteiger partial charge in [-0.05, 0) is 61.9 Å². The summed E-state index contributed by atoms with van der Waals surface area (Å²) < 4.78 is 19.1. The van der Waals surface area contributed by atoms with E-state index in [4.69, 9.17) is 4.42 Å². The number of rotatable bonds is 7. The Morgan fingerprint density at radius 3 is 2.53 bits per heavy atom. The molecular weight excluding hydrogens is 405 g/mol. The first kappa shape index (κ1) is 22.2. The maximum Gasteiger partial charge on any atom is 0.275 e. The van der Waals surface area contributed by atoms with Crippen LogP contribution in [0.2, 0.25) is 0 Å². The number of carbonyl (C=O) groups excluding carboxylic acids is 1. The molecule has 0 spiro atoms. The van der Waals surface area contributed by atoms with Crippen LogP contribution < -0.4 is 0 Å². The van der Waals surface area contributed by atoms with Gasteiger partial charge in [-0.25, -0.2) is 9.37 Å². The molecule has 0 N–H and O–H groups in total. The zero-order valence-electron chi connectivity index (χ0n) is 18.8. The summed E-state index contributed by atoms with van der Waals surface area (Å²) in [5.41, 5.74) is 5.03. The first-order chi connectivity index (χ1) is 15.5. The molecule has 0 aliphatic carbocycles. The minimum atomic E-state index is -0.247. The molecule has 2 aromatic carbocycles.